The van der Waals surface area contributed by atoms with Gasteiger partial charge in [0, 0.05) is 10.9 Å². The molecule has 1 nitrogen and oxygen atoms in total. The molecule has 0 fully saturated rings. The zero-order chi connectivity index (χ0) is 22.7. The molecule has 4 heteroatoms. The molecule has 4 aromatic rings. The molecule has 0 spiro atoms. The van der Waals surface area contributed by atoms with Crippen molar-refractivity contribution in [3.05, 3.63) is 89.7 Å². The molecule has 0 bridgehead atoms. The number of benzene rings is 4. The SMILES string of the molecule is CCCCCc1ccc2c(F)c(-c3cc(F)c(-c4ccc(OC)cc4)c(F)c3)ccc2c1. The first-order valence-electron chi connectivity index (χ1n) is 10.9. The quantitative estimate of drug-likeness (QED) is 0.266. The van der Waals surface area contributed by atoms with Crippen LogP contribution in [0.15, 0.2) is 66.7 Å². The molecule has 0 aliphatic carbocycles. The van der Waals surface area contributed by atoms with E-state index in [0.29, 0.717) is 16.7 Å². The van der Waals surface area contributed by atoms with Crippen LogP contribution < -0.4 is 4.74 Å². The highest BCUT2D eigenvalue weighted by Crippen LogP contribution is 2.35. The second-order valence-electron chi connectivity index (χ2n) is 7.98. The summed E-state index contributed by atoms with van der Waals surface area (Å²) in [6, 6.07) is 17.9. The lowest BCUT2D eigenvalue weighted by atomic mass is 9.95. The molecule has 0 aliphatic rings. The van der Waals surface area contributed by atoms with Gasteiger partial charge in [-0.15, -0.1) is 0 Å². The summed E-state index contributed by atoms with van der Waals surface area (Å²) in [5.41, 5.74) is 1.76. The second-order valence-corrected chi connectivity index (χ2v) is 7.98. The van der Waals surface area contributed by atoms with Crippen LogP contribution in [0.1, 0.15) is 31.7 Å². The largest absolute Gasteiger partial charge is 0.497 e. The molecule has 0 saturated carbocycles. The maximum Gasteiger partial charge on any atom is 0.138 e. The lowest BCUT2D eigenvalue weighted by Gasteiger charge is -2.12. The minimum Gasteiger partial charge on any atom is -0.497 e. The fourth-order valence-electron chi connectivity index (χ4n) is 4.06. The Morgan fingerprint density at radius 1 is 0.750 bits per heavy atom. The Morgan fingerprint density at radius 3 is 2.12 bits per heavy atom. The van der Waals surface area contributed by atoms with E-state index in [-0.39, 0.29) is 16.7 Å². The van der Waals surface area contributed by atoms with E-state index in [4.69, 9.17) is 4.74 Å². The maximum atomic E-state index is 15.3. The first-order chi connectivity index (χ1) is 15.5. The molecule has 0 radical (unpaired) electrons. The summed E-state index contributed by atoms with van der Waals surface area (Å²) in [6.45, 7) is 2.16. The standard InChI is InChI=1S/C28H25F3O/c1-3-4-5-6-18-7-13-23-20(15-18)10-14-24(28(23)31)21-16-25(29)27(26(30)17-21)19-8-11-22(32-2)12-9-19/h7-17H,3-6H2,1-2H3. The molecule has 32 heavy (non-hydrogen) atoms. The van der Waals surface area contributed by atoms with Crippen molar-refractivity contribution in [2.45, 2.75) is 32.6 Å². The van der Waals surface area contributed by atoms with Gasteiger partial charge in [-0.05, 0) is 59.2 Å². The van der Waals surface area contributed by atoms with E-state index in [0.717, 1.165) is 31.1 Å². The summed E-state index contributed by atoms with van der Waals surface area (Å²) in [5, 5.41) is 1.23. The second kappa shape index (κ2) is 9.47. The van der Waals surface area contributed by atoms with Crippen molar-refractivity contribution >= 4 is 10.8 Å². The molecule has 0 atom stereocenters. The minimum atomic E-state index is -0.740. The van der Waals surface area contributed by atoms with E-state index >= 15 is 4.39 Å². The van der Waals surface area contributed by atoms with Gasteiger partial charge in [0.2, 0.25) is 0 Å². The molecule has 4 aromatic carbocycles. The summed E-state index contributed by atoms with van der Waals surface area (Å²) in [5.74, 6) is -1.36. The molecule has 0 unspecified atom stereocenters. The molecule has 164 valence electrons. The molecule has 0 N–H and O–H groups in total. The number of fused-ring (bicyclic) bond motifs is 1. The lowest BCUT2D eigenvalue weighted by molar-refractivity contribution is 0.415. The summed E-state index contributed by atoms with van der Waals surface area (Å²) in [6.07, 6.45) is 4.36. The van der Waals surface area contributed by atoms with E-state index in [1.165, 1.54) is 24.8 Å². The summed E-state index contributed by atoms with van der Waals surface area (Å²) >= 11 is 0. The van der Waals surface area contributed by atoms with Gasteiger partial charge < -0.3 is 4.74 Å². The number of hydrogen-bond acceptors (Lipinski definition) is 1. The van der Waals surface area contributed by atoms with E-state index in [9.17, 15) is 8.78 Å². The van der Waals surface area contributed by atoms with E-state index in [1.807, 2.05) is 18.2 Å². The number of rotatable bonds is 7. The predicted molar refractivity (Wildman–Crippen MR) is 124 cm³/mol. The number of halogens is 3. The topological polar surface area (TPSA) is 9.23 Å². The normalized spacial score (nSPS) is 11.2. The average molecular weight is 435 g/mol. The first-order valence-corrected chi connectivity index (χ1v) is 10.9. The Morgan fingerprint density at radius 2 is 1.47 bits per heavy atom. The first kappa shape index (κ1) is 21.9. The van der Waals surface area contributed by atoms with Crippen molar-refractivity contribution in [1.82, 2.24) is 0 Å². The van der Waals surface area contributed by atoms with Crippen molar-refractivity contribution in [3.63, 3.8) is 0 Å². The molecule has 4 rings (SSSR count). The molecular formula is C28H25F3O. The van der Waals surface area contributed by atoms with Crippen LogP contribution in [0.3, 0.4) is 0 Å². The van der Waals surface area contributed by atoms with Crippen LogP contribution >= 0.6 is 0 Å². The summed E-state index contributed by atoms with van der Waals surface area (Å²) < 4.78 is 50.2. The monoisotopic (exact) mass is 434 g/mol. The molecule has 0 aliphatic heterocycles. The van der Waals surface area contributed by atoms with Crippen LogP contribution in [0, 0.1) is 17.5 Å². The third kappa shape index (κ3) is 4.36. The molecule has 0 aromatic heterocycles. The highest BCUT2D eigenvalue weighted by Gasteiger charge is 2.17. The number of hydrogen-bond donors (Lipinski definition) is 0. The Hall–Kier alpha value is -3.27. The fourth-order valence-corrected chi connectivity index (χ4v) is 4.06. The van der Waals surface area contributed by atoms with Gasteiger partial charge in [0.05, 0.1) is 12.7 Å². The van der Waals surface area contributed by atoms with Gasteiger partial charge in [-0.3, -0.25) is 0 Å². The summed E-state index contributed by atoms with van der Waals surface area (Å²) in [4.78, 5) is 0. The molecule has 0 heterocycles. The highest BCUT2D eigenvalue weighted by molar-refractivity contribution is 5.89. The predicted octanol–water partition coefficient (Wildman–Crippen LogP) is 8.33. The average Bonchev–Trinajstić information content (AvgIpc) is 2.79. The van der Waals surface area contributed by atoms with E-state index in [1.54, 1.807) is 36.4 Å². The zero-order valence-electron chi connectivity index (χ0n) is 18.2. The smallest absolute Gasteiger partial charge is 0.138 e. The van der Waals surface area contributed by atoms with Crippen LogP contribution in [0.2, 0.25) is 0 Å². The molecular weight excluding hydrogens is 409 g/mol. The number of unbranched alkanes of at least 4 members (excludes halogenated alkanes) is 2. The lowest BCUT2D eigenvalue weighted by Crippen LogP contribution is -1.95. The number of aryl methyl sites for hydroxylation is 1. The van der Waals surface area contributed by atoms with Gasteiger partial charge in [-0.2, -0.15) is 0 Å². The van der Waals surface area contributed by atoms with Crippen LogP contribution in [-0.2, 0) is 6.42 Å². The molecule has 0 amide bonds. The van der Waals surface area contributed by atoms with Crippen LogP contribution in [0.5, 0.6) is 5.75 Å². The van der Waals surface area contributed by atoms with Gasteiger partial charge in [-0.1, -0.05) is 62.2 Å². The molecule has 0 saturated heterocycles. The van der Waals surface area contributed by atoms with Crippen molar-refractivity contribution in [1.29, 1.82) is 0 Å². The van der Waals surface area contributed by atoms with E-state index in [2.05, 4.69) is 6.92 Å². The van der Waals surface area contributed by atoms with Crippen molar-refractivity contribution in [2.75, 3.05) is 7.11 Å². The van der Waals surface area contributed by atoms with Gasteiger partial charge in [0.25, 0.3) is 0 Å². The third-order valence-corrected chi connectivity index (χ3v) is 5.82. The number of methoxy groups -OCH3 is 1. The fraction of sp³-hybridized carbons (Fsp3) is 0.214. The Labute approximate surface area is 186 Å². The van der Waals surface area contributed by atoms with Gasteiger partial charge in [0.15, 0.2) is 0 Å². The van der Waals surface area contributed by atoms with Gasteiger partial charge in [-0.25, -0.2) is 13.2 Å². The van der Waals surface area contributed by atoms with Crippen LogP contribution in [0.25, 0.3) is 33.0 Å². The Kier molecular flexibility index (Phi) is 6.50. The van der Waals surface area contributed by atoms with Crippen molar-refractivity contribution in [3.8, 4) is 28.0 Å². The number of ether oxygens (including phenoxy) is 1. The van der Waals surface area contributed by atoms with E-state index < -0.39 is 17.5 Å². The van der Waals surface area contributed by atoms with Gasteiger partial charge in [0.1, 0.15) is 23.2 Å². The van der Waals surface area contributed by atoms with Crippen molar-refractivity contribution in [2.24, 2.45) is 0 Å². The summed E-state index contributed by atoms with van der Waals surface area (Å²) in [7, 11) is 1.52. The van der Waals surface area contributed by atoms with Gasteiger partial charge >= 0.3 is 0 Å². The van der Waals surface area contributed by atoms with Crippen molar-refractivity contribution < 1.29 is 17.9 Å². The highest BCUT2D eigenvalue weighted by atomic mass is 19.1. The maximum absolute atomic E-state index is 15.3. The zero-order valence-corrected chi connectivity index (χ0v) is 18.2. The Bertz CT molecular complexity index is 1220. The van der Waals surface area contributed by atoms with Crippen LogP contribution in [0.4, 0.5) is 13.2 Å². The third-order valence-electron chi connectivity index (χ3n) is 5.82. The minimum absolute atomic E-state index is 0.144. The Balaban J connectivity index is 1.70. The van der Waals surface area contributed by atoms with Crippen LogP contribution in [-0.4, -0.2) is 7.11 Å².